The number of aromatic nitrogens is 4. The van der Waals surface area contributed by atoms with Crippen LogP contribution in [0.4, 0.5) is 0 Å². The molecule has 3 aromatic rings. The van der Waals surface area contributed by atoms with Crippen molar-refractivity contribution in [1.82, 2.24) is 24.5 Å². The Balaban J connectivity index is 1.48. The summed E-state index contributed by atoms with van der Waals surface area (Å²) in [5.74, 6) is -0.163. The van der Waals surface area contributed by atoms with Crippen LogP contribution < -0.4 is 0 Å². The van der Waals surface area contributed by atoms with Crippen LogP contribution in [0.2, 0.25) is 0 Å². The molecule has 2 aromatic carbocycles. The maximum Gasteiger partial charge on any atom is 0.273 e. The Kier molecular flexibility index (Phi) is 4.50. The molecule has 1 aliphatic heterocycles. The molecule has 0 atom stereocenters. The quantitative estimate of drug-likeness (QED) is 0.606. The van der Waals surface area contributed by atoms with Gasteiger partial charge in [-0.3, -0.25) is 4.79 Å². The summed E-state index contributed by atoms with van der Waals surface area (Å²) in [5.41, 5.74) is 1.00. The zero-order valence-corrected chi connectivity index (χ0v) is 15.5. The van der Waals surface area contributed by atoms with E-state index < -0.39 is 15.9 Å². The molecule has 0 aliphatic carbocycles. The topological polar surface area (TPSA) is 98.1 Å². The van der Waals surface area contributed by atoms with Gasteiger partial charge in [0.15, 0.2) is 0 Å². The minimum Gasteiger partial charge on any atom is -0.268 e. The van der Waals surface area contributed by atoms with Crippen LogP contribution in [0.3, 0.4) is 0 Å². The van der Waals surface area contributed by atoms with Gasteiger partial charge in [0.2, 0.25) is 5.16 Å². The van der Waals surface area contributed by atoms with Crippen LogP contribution in [-0.4, -0.2) is 44.6 Å². The second-order valence-electron chi connectivity index (χ2n) is 5.51. The van der Waals surface area contributed by atoms with E-state index in [4.69, 9.17) is 0 Å². The summed E-state index contributed by atoms with van der Waals surface area (Å²) in [6.07, 6.45) is 2.87. The third-order valence-corrected chi connectivity index (χ3v) is 6.43. The van der Waals surface area contributed by atoms with Crippen molar-refractivity contribution < 1.29 is 13.2 Å². The monoisotopic (exact) mass is 399 g/mol. The molecule has 0 saturated heterocycles. The maximum atomic E-state index is 12.5. The Morgan fingerprint density at radius 2 is 1.78 bits per heavy atom. The molecule has 10 heteroatoms. The second kappa shape index (κ2) is 6.97. The number of hydrogen-bond acceptors (Lipinski definition) is 7. The molecular weight excluding hydrogens is 386 g/mol. The van der Waals surface area contributed by atoms with E-state index in [1.165, 1.54) is 30.1 Å². The van der Waals surface area contributed by atoms with E-state index in [-0.39, 0.29) is 10.5 Å². The van der Waals surface area contributed by atoms with Gasteiger partial charge in [-0.1, -0.05) is 48.2 Å². The van der Waals surface area contributed by atoms with E-state index in [9.17, 15) is 13.2 Å². The highest BCUT2D eigenvalue weighted by atomic mass is 32.2. The number of benzene rings is 2. The second-order valence-corrected chi connectivity index (χ2v) is 8.28. The Hall–Kier alpha value is -2.98. The Morgan fingerprint density at radius 1 is 1.04 bits per heavy atom. The zero-order valence-electron chi connectivity index (χ0n) is 13.8. The van der Waals surface area contributed by atoms with Gasteiger partial charge in [0.05, 0.1) is 11.3 Å². The molecule has 0 bridgehead atoms. The minimum absolute atomic E-state index is 0.0281. The molecule has 0 fully saturated rings. The van der Waals surface area contributed by atoms with Crippen molar-refractivity contribution in [3.63, 3.8) is 0 Å². The van der Waals surface area contributed by atoms with Crippen LogP contribution in [0.5, 0.6) is 0 Å². The first-order chi connectivity index (χ1) is 13.1. The normalized spacial score (nSPS) is 15.4. The number of sulfonamides is 1. The number of amides is 1. The van der Waals surface area contributed by atoms with Gasteiger partial charge in [-0.15, -0.1) is 5.10 Å². The van der Waals surface area contributed by atoms with Gasteiger partial charge in [-0.2, -0.15) is 4.68 Å². The highest BCUT2D eigenvalue weighted by Gasteiger charge is 2.39. The first kappa shape index (κ1) is 17.4. The molecule has 2 heterocycles. The third kappa shape index (κ3) is 3.13. The molecule has 27 heavy (non-hydrogen) atoms. The predicted octanol–water partition coefficient (Wildman–Crippen LogP) is 2.11. The number of para-hydroxylation sites is 1. The van der Waals surface area contributed by atoms with Crippen molar-refractivity contribution in [2.24, 2.45) is 0 Å². The fourth-order valence-electron chi connectivity index (χ4n) is 2.61. The minimum atomic E-state index is -3.84. The molecule has 1 aliphatic rings. The average molecular weight is 399 g/mol. The number of tetrazole rings is 1. The molecule has 4 rings (SSSR count). The number of thioether (sulfide) groups is 1. The van der Waals surface area contributed by atoms with Gasteiger partial charge >= 0.3 is 0 Å². The van der Waals surface area contributed by atoms with Gasteiger partial charge in [0.25, 0.3) is 15.9 Å². The van der Waals surface area contributed by atoms with E-state index in [0.29, 0.717) is 10.9 Å². The highest BCUT2D eigenvalue weighted by Crippen LogP contribution is 2.30. The van der Waals surface area contributed by atoms with Crippen molar-refractivity contribution in [3.8, 4) is 5.69 Å². The fourth-order valence-corrected chi connectivity index (χ4v) is 4.76. The fraction of sp³-hybridized carbons (Fsp3) is 0.0588. The molecule has 0 N–H and O–H groups in total. The van der Waals surface area contributed by atoms with Gasteiger partial charge < -0.3 is 0 Å². The van der Waals surface area contributed by atoms with Crippen molar-refractivity contribution in [2.45, 2.75) is 10.1 Å². The number of carbonyl (C=O) groups excluding carboxylic acids is 1. The summed E-state index contributed by atoms with van der Waals surface area (Å²) in [6.45, 7) is 0. The summed E-state index contributed by atoms with van der Waals surface area (Å²) in [6, 6.07) is 15.6. The molecule has 0 radical (unpaired) electrons. The highest BCUT2D eigenvalue weighted by molar-refractivity contribution is 7.99. The summed E-state index contributed by atoms with van der Waals surface area (Å²) in [4.78, 5) is 12.4. The van der Waals surface area contributed by atoms with E-state index >= 15 is 0 Å². The SMILES string of the molecule is O=C1c2ccccc2S(=O)(=O)N1C=CCSc1nnnn1-c1ccccc1. The lowest BCUT2D eigenvalue weighted by Gasteiger charge is -2.08. The van der Waals surface area contributed by atoms with E-state index in [0.717, 1.165) is 9.99 Å². The summed E-state index contributed by atoms with van der Waals surface area (Å²) < 4.78 is 27.3. The maximum absolute atomic E-state index is 12.5. The van der Waals surface area contributed by atoms with Gasteiger partial charge in [0.1, 0.15) is 4.90 Å². The summed E-state index contributed by atoms with van der Waals surface area (Å²) >= 11 is 1.32. The molecule has 0 unspecified atom stereocenters. The summed E-state index contributed by atoms with van der Waals surface area (Å²) in [5, 5.41) is 12.2. The number of carbonyl (C=O) groups is 1. The Morgan fingerprint density at radius 3 is 2.56 bits per heavy atom. The average Bonchev–Trinajstić information content (AvgIpc) is 3.23. The van der Waals surface area contributed by atoms with E-state index in [1.54, 1.807) is 22.9 Å². The molecule has 1 aromatic heterocycles. The predicted molar refractivity (Wildman–Crippen MR) is 98.8 cm³/mol. The smallest absolute Gasteiger partial charge is 0.268 e. The number of rotatable bonds is 5. The van der Waals surface area contributed by atoms with Crippen molar-refractivity contribution in [3.05, 3.63) is 72.4 Å². The lowest BCUT2D eigenvalue weighted by Crippen LogP contribution is -2.24. The molecule has 8 nitrogen and oxygen atoms in total. The molecule has 0 saturated carbocycles. The Labute approximate surface area is 159 Å². The van der Waals surface area contributed by atoms with E-state index in [2.05, 4.69) is 15.5 Å². The van der Waals surface area contributed by atoms with Gasteiger partial charge in [0, 0.05) is 12.0 Å². The van der Waals surface area contributed by atoms with Crippen LogP contribution in [0.1, 0.15) is 10.4 Å². The van der Waals surface area contributed by atoms with Crippen molar-refractivity contribution >= 4 is 27.7 Å². The molecule has 0 spiro atoms. The lowest BCUT2D eigenvalue weighted by atomic mass is 10.2. The number of hydrogen-bond donors (Lipinski definition) is 0. The molecule has 1 amide bonds. The number of fused-ring (bicyclic) bond motifs is 1. The number of nitrogens with zero attached hydrogens (tertiary/aromatic N) is 5. The van der Waals surface area contributed by atoms with E-state index in [1.807, 2.05) is 30.3 Å². The standard InChI is InChI=1S/C17H13N5O3S2/c23-16-14-9-4-5-10-15(14)27(24,25)21(16)11-6-12-26-17-18-19-20-22(17)13-7-2-1-3-8-13/h1-11H,12H2. The van der Waals surface area contributed by atoms with Crippen LogP contribution in [0.15, 0.2) is 76.9 Å². The zero-order chi connectivity index (χ0) is 18.9. The lowest BCUT2D eigenvalue weighted by molar-refractivity contribution is 0.0906. The first-order valence-corrected chi connectivity index (χ1v) is 10.3. The third-order valence-electron chi connectivity index (χ3n) is 3.85. The van der Waals surface area contributed by atoms with Gasteiger partial charge in [-0.25, -0.2) is 12.7 Å². The molecule has 136 valence electrons. The van der Waals surface area contributed by atoms with Crippen LogP contribution in [-0.2, 0) is 10.0 Å². The Bertz CT molecular complexity index is 1130. The van der Waals surface area contributed by atoms with Crippen LogP contribution >= 0.6 is 11.8 Å². The van der Waals surface area contributed by atoms with Gasteiger partial charge in [-0.05, 0) is 34.7 Å². The molecular formula is C17H13N5O3S2. The van der Waals surface area contributed by atoms with Crippen molar-refractivity contribution in [2.75, 3.05) is 5.75 Å². The van der Waals surface area contributed by atoms with Crippen LogP contribution in [0.25, 0.3) is 5.69 Å². The first-order valence-electron chi connectivity index (χ1n) is 7.90. The summed E-state index contributed by atoms with van der Waals surface area (Å²) in [7, 11) is -3.84. The van der Waals surface area contributed by atoms with Crippen LogP contribution in [0, 0.1) is 0 Å². The van der Waals surface area contributed by atoms with Crippen molar-refractivity contribution in [1.29, 1.82) is 0 Å². The largest absolute Gasteiger partial charge is 0.273 e.